The molecule has 0 aliphatic carbocycles. The van der Waals surface area contributed by atoms with Crippen LogP contribution in [0, 0.1) is 13.8 Å². The summed E-state index contributed by atoms with van der Waals surface area (Å²) < 4.78 is 0. The van der Waals surface area contributed by atoms with E-state index < -0.39 is 17.9 Å². The van der Waals surface area contributed by atoms with Gasteiger partial charge in [0.15, 0.2) is 6.04 Å². The molecule has 1 unspecified atom stereocenters. The van der Waals surface area contributed by atoms with Gasteiger partial charge in [0, 0.05) is 5.69 Å². The number of rotatable bonds is 4. The lowest BCUT2D eigenvalue weighted by Gasteiger charge is -2.14. The van der Waals surface area contributed by atoms with Crippen molar-refractivity contribution in [2.45, 2.75) is 19.9 Å². The van der Waals surface area contributed by atoms with Crippen molar-refractivity contribution in [1.82, 2.24) is 5.32 Å². The van der Waals surface area contributed by atoms with Crippen LogP contribution in [0.3, 0.4) is 0 Å². The maximum absolute atomic E-state index is 11.7. The molecule has 1 atom stereocenters. The summed E-state index contributed by atoms with van der Waals surface area (Å²) in [6.45, 7) is 3.80. The molecule has 1 aromatic carbocycles. The van der Waals surface area contributed by atoms with Crippen molar-refractivity contribution in [2.24, 2.45) is 0 Å². The third-order valence-corrected chi connectivity index (χ3v) is 2.66. The SMILES string of the molecule is CNC(C(=O)O)C(=O)Nc1cccc(C)c1C. The molecule has 0 spiro atoms. The first kappa shape index (κ1) is 13.2. The van der Waals surface area contributed by atoms with Crippen molar-refractivity contribution in [3.05, 3.63) is 29.3 Å². The molecule has 0 fully saturated rings. The second-order valence-corrected chi connectivity index (χ2v) is 3.80. The van der Waals surface area contributed by atoms with Gasteiger partial charge in [-0.1, -0.05) is 12.1 Å². The van der Waals surface area contributed by atoms with Crippen LogP contribution >= 0.6 is 0 Å². The minimum Gasteiger partial charge on any atom is -0.480 e. The number of anilines is 1. The quantitative estimate of drug-likeness (QED) is 0.679. The van der Waals surface area contributed by atoms with E-state index in [1.807, 2.05) is 26.0 Å². The Labute approximate surface area is 99.8 Å². The van der Waals surface area contributed by atoms with Crippen molar-refractivity contribution >= 4 is 17.6 Å². The van der Waals surface area contributed by atoms with E-state index in [-0.39, 0.29) is 0 Å². The lowest BCUT2D eigenvalue weighted by molar-refractivity contribution is -0.142. The summed E-state index contributed by atoms with van der Waals surface area (Å²) in [7, 11) is 1.43. The van der Waals surface area contributed by atoms with E-state index in [4.69, 9.17) is 5.11 Å². The van der Waals surface area contributed by atoms with E-state index in [9.17, 15) is 9.59 Å². The highest BCUT2D eigenvalue weighted by atomic mass is 16.4. The normalized spacial score (nSPS) is 11.9. The topological polar surface area (TPSA) is 78.4 Å². The van der Waals surface area contributed by atoms with E-state index in [0.717, 1.165) is 11.1 Å². The molecular formula is C12H16N2O3. The molecule has 1 amide bonds. The van der Waals surface area contributed by atoms with Crippen LogP contribution in [-0.4, -0.2) is 30.1 Å². The Hall–Kier alpha value is -1.88. The molecule has 0 aliphatic rings. The van der Waals surface area contributed by atoms with Crippen molar-refractivity contribution in [3.63, 3.8) is 0 Å². The van der Waals surface area contributed by atoms with Crippen LogP contribution in [0.4, 0.5) is 5.69 Å². The zero-order valence-electron chi connectivity index (χ0n) is 10.1. The van der Waals surface area contributed by atoms with Crippen LogP contribution in [0.5, 0.6) is 0 Å². The van der Waals surface area contributed by atoms with Gasteiger partial charge in [-0.15, -0.1) is 0 Å². The maximum atomic E-state index is 11.7. The highest BCUT2D eigenvalue weighted by molar-refractivity contribution is 6.08. The summed E-state index contributed by atoms with van der Waals surface area (Å²) in [5.41, 5.74) is 2.61. The second-order valence-electron chi connectivity index (χ2n) is 3.80. The van der Waals surface area contributed by atoms with Gasteiger partial charge in [-0.05, 0) is 38.1 Å². The predicted molar refractivity (Wildman–Crippen MR) is 65.0 cm³/mol. The van der Waals surface area contributed by atoms with Crippen LogP contribution in [0.15, 0.2) is 18.2 Å². The molecule has 92 valence electrons. The Kier molecular flexibility index (Phi) is 4.23. The number of hydrogen-bond donors (Lipinski definition) is 3. The number of benzene rings is 1. The van der Waals surface area contributed by atoms with Crippen LogP contribution in [-0.2, 0) is 9.59 Å². The number of carbonyl (C=O) groups is 2. The molecule has 0 saturated heterocycles. The average molecular weight is 236 g/mol. The van der Waals surface area contributed by atoms with E-state index >= 15 is 0 Å². The van der Waals surface area contributed by atoms with Crippen LogP contribution < -0.4 is 10.6 Å². The number of carboxylic acid groups (broad SMARTS) is 1. The molecular weight excluding hydrogens is 220 g/mol. The first-order valence-electron chi connectivity index (χ1n) is 5.24. The number of likely N-dealkylation sites (N-methyl/N-ethyl adjacent to an activating group) is 1. The summed E-state index contributed by atoms with van der Waals surface area (Å²) in [5.74, 6) is -1.77. The smallest absolute Gasteiger partial charge is 0.330 e. The molecule has 0 bridgehead atoms. The van der Waals surface area contributed by atoms with Crippen LogP contribution in [0.25, 0.3) is 0 Å². The highest BCUT2D eigenvalue weighted by Gasteiger charge is 2.24. The van der Waals surface area contributed by atoms with E-state index in [2.05, 4.69) is 10.6 Å². The molecule has 3 N–H and O–H groups in total. The number of aliphatic carboxylic acids is 1. The molecule has 1 aromatic rings. The second kappa shape index (κ2) is 5.45. The fourth-order valence-corrected chi connectivity index (χ4v) is 1.46. The maximum Gasteiger partial charge on any atom is 0.330 e. The van der Waals surface area contributed by atoms with Gasteiger partial charge >= 0.3 is 5.97 Å². The van der Waals surface area contributed by atoms with Crippen LogP contribution in [0.2, 0.25) is 0 Å². The fraction of sp³-hybridized carbons (Fsp3) is 0.333. The molecule has 0 radical (unpaired) electrons. The van der Waals surface area contributed by atoms with Gasteiger partial charge < -0.3 is 10.4 Å². The monoisotopic (exact) mass is 236 g/mol. The molecule has 0 aromatic heterocycles. The van der Waals surface area contributed by atoms with Crippen molar-refractivity contribution in [2.75, 3.05) is 12.4 Å². The van der Waals surface area contributed by atoms with Crippen molar-refractivity contribution in [1.29, 1.82) is 0 Å². The zero-order valence-corrected chi connectivity index (χ0v) is 10.1. The zero-order chi connectivity index (χ0) is 13.0. The van der Waals surface area contributed by atoms with Crippen molar-refractivity contribution < 1.29 is 14.7 Å². The van der Waals surface area contributed by atoms with Gasteiger partial charge in [0.2, 0.25) is 0 Å². The number of aryl methyl sites for hydroxylation is 1. The lowest BCUT2D eigenvalue weighted by Crippen LogP contribution is -2.44. The Morgan fingerprint density at radius 1 is 1.29 bits per heavy atom. The Morgan fingerprint density at radius 2 is 1.94 bits per heavy atom. The minimum atomic E-state index is -1.24. The number of carbonyl (C=O) groups excluding carboxylic acids is 1. The lowest BCUT2D eigenvalue weighted by atomic mass is 10.1. The fourth-order valence-electron chi connectivity index (χ4n) is 1.46. The first-order chi connectivity index (χ1) is 7.97. The third-order valence-electron chi connectivity index (χ3n) is 2.66. The first-order valence-corrected chi connectivity index (χ1v) is 5.24. The largest absolute Gasteiger partial charge is 0.480 e. The summed E-state index contributed by atoms with van der Waals surface area (Å²) in [5, 5.41) is 13.9. The summed E-state index contributed by atoms with van der Waals surface area (Å²) in [4.78, 5) is 22.5. The summed E-state index contributed by atoms with van der Waals surface area (Å²) in [6, 6.07) is 4.24. The molecule has 17 heavy (non-hydrogen) atoms. The summed E-state index contributed by atoms with van der Waals surface area (Å²) in [6.07, 6.45) is 0. The highest BCUT2D eigenvalue weighted by Crippen LogP contribution is 2.17. The van der Waals surface area contributed by atoms with Gasteiger partial charge in [0.05, 0.1) is 0 Å². The summed E-state index contributed by atoms with van der Waals surface area (Å²) >= 11 is 0. The van der Waals surface area contributed by atoms with Gasteiger partial charge in [0.25, 0.3) is 5.91 Å². The predicted octanol–water partition coefficient (Wildman–Crippen LogP) is 0.915. The number of carboxylic acids is 1. The number of hydrogen-bond acceptors (Lipinski definition) is 3. The van der Waals surface area contributed by atoms with E-state index in [1.54, 1.807) is 6.07 Å². The third kappa shape index (κ3) is 3.04. The minimum absolute atomic E-state index is 0.575. The molecule has 5 nitrogen and oxygen atoms in total. The van der Waals surface area contributed by atoms with Gasteiger partial charge in [0.1, 0.15) is 0 Å². The average Bonchev–Trinajstić information content (AvgIpc) is 2.25. The Bertz CT molecular complexity index is 443. The molecule has 5 heteroatoms. The van der Waals surface area contributed by atoms with Gasteiger partial charge in [-0.3, -0.25) is 10.1 Å². The van der Waals surface area contributed by atoms with Gasteiger partial charge in [-0.2, -0.15) is 0 Å². The Morgan fingerprint density at radius 3 is 2.47 bits per heavy atom. The van der Waals surface area contributed by atoms with E-state index in [0.29, 0.717) is 5.69 Å². The number of nitrogens with one attached hydrogen (secondary N) is 2. The van der Waals surface area contributed by atoms with Gasteiger partial charge in [-0.25, -0.2) is 4.79 Å². The van der Waals surface area contributed by atoms with E-state index in [1.165, 1.54) is 7.05 Å². The molecule has 1 rings (SSSR count). The standard InChI is InChI=1S/C12H16N2O3/c1-7-5-4-6-9(8(7)2)14-11(15)10(13-3)12(16)17/h4-6,10,13H,1-3H3,(H,14,15)(H,16,17). The molecule has 0 saturated carbocycles. The Balaban J connectivity index is 2.88. The number of amides is 1. The van der Waals surface area contributed by atoms with Crippen molar-refractivity contribution in [3.8, 4) is 0 Å². The molecule has 0 aliphatic heterocycles. The molecule has 0 heterocycles. The van der Waals surface area contributed by atoms with Crippen LogP contribution in [0.1, 0.15) is 11.1 Å².